The van der Waals surface area contributed by atoms with Gasteiger partial charge in [0.25, 0.3) is 0 Å². The number of nitrogens with two attached hydrogens (primary N) is 1. The number of nitrogens with zero attached hydrogens (tertiary/aromatic N) is 1. The van der Waals surface area contributed by atoms with Gasteiger partial charge in [-0.2, -0.15) is 0 Å². The maximum atomic E-state index is 12.5. The first-order valence-electron chi connectivity index (χ1n) is 7.46. The van der Waals surface area contributed by atoms with E-state index >= 15 is 0 Å². The molecule has 21 heavy (non-hydrogen) atoms. The summed E-state index contributed by atoms with van der Waals surface area (Å²) in [5.74, 6) is 0.532. The lowest BCUT2D eigenvalue weighted by Gasteiger charge is -2.41. The number of halogens is 1. The van der Waals surface area contributed by atoms with E-state index in [1.54, 1.807) is 0 Å². The Morgan fingerprint density at radius 2 is 2.05 bits per heavy atom. The van der Waals surface area contributed by atoms with Crippen LogP contribution >= 0.6 is 12.4 Å². The van der Waals surface area contributed by atoms with Gasteiger partial charge < -0.3 is 15.4 Å². The fraction of sp³-hybridized carbons (Fsp3) is 0.562. The fourth-order valence-corrected chi connectivity index (χ4v) is 3.29. The normalized spacial score (nSPS) is 26.4. The highest BCUT2D eigenvalue weighted by atomic mass is 35.5. The number of ether oxygens (including phenoxy) is 1. The van der Waals surface area contributed by atoms with E-state index in [1.807, 2.05) is 35.2 Å². The number of piperidine rings is 1. The highest BCUT2D eigenvalue weighted by molar-refractivity contribution is 5.85. The summed E-state index contributed by atoms with van der Waals surface area (Å²) in [5, 5.41) is 0. The molecule has 0 saturated carbocycles. The molecule has 2 N–H and O–H groups in total. The molecule has 0 spiro atoms. The van der Waals surface area contributed by atoms with E-state index in [0.717, 1.165) is 44.5 Å². The predicted octanol–water partition coefficient (Wildman–Crippen LogP) is 2.14. The summed E-state index contributed by atoms with van der Waals surface area (Å²) in [5.41, 5.74) is 7.00. The highest BCUT2D eigenvalue weighted by Gasteiger charge is 2.35. The first-order chi connectivity index (χ1) is 9.75. The van der Waals surface area contributed by atoms with E-state index in [-0.39, 0.29) is 18.3 Å². The molecule has 2 saturated heterocycles. The Morgan fingerprint density at radius 3 is 2.81 bits per heavy atom. The largest absolute Gasteiger partial charge is 0.378 e. The van der Waals surface area contributed by atoms with E-state index in [9.17, 15) is 4.79 Å². The van der Waals surface area contributed by atoms with Crippen molar-refractivity contribution in [1.82, 2.24) is 4.90 Å². The lowest BCUT2D eigenvalue weighted by molar-refractivity contribution is -0.140. The van der Waals surface area contributed by atoms with Crippen molar-refractivity contribution in [1.29, 1.82) is 0 Å². The van der Waals surface area contributed by atoms with Crippen LogP contribution in [0.4, 0.5) is 0 Å². The molecule has 3 unspecified atom stereocenters. The number of hydrogen-bond donors (Lipinski definition) is 1. The number of likely N-dealkylation sites (tertiary alicyclic amines) is 1. The Morgan fingerprint density at radius 1 is 1.29 bits per heavy atom. The van der Waals surface area contributed by atoms with Crippen molar-refractivity contribution in [3.8, 4) is 0 Å². The molecule has 2 fully saturated rings. The molecule has 0 aromatic heterocycles. The van der Waals surface area contributed by atoms with Gasteiger partial charge >= 0.3 is 0 Å². The SMILES string of the molecule is Cl.NC(C(=O)N1CCC2OCCCC2C1)c1ccccc1. The van der Waals surface area contributed by atoms with Gasteiger partial charge in [-0.3, -0.25) is 4.79 Å². The van der Waals surface area contributed by atoms with Gasteiger partial charge in [0.15, 0.2) is 0 Å². The summed E-state index contributed by atoms with van der Waals surface area (Å²) in [7, 11) is 0. The molecule has 5 heteroatoms. The maximum absolute atomic E-state index is 12.5. The third kappa shape index (κ3) is 3.57. The van der Waals surface area contributed by atoms with Gasteiger partial charge in [-0.15, -0.1) is 12.4 Å². The summed E-state index contributed by atoms with van der Waals surface area (Å²) in [6.45, 7) is 2.43. The molecule has 4 nitrogen and oxygen atoms in total. The third-order valence-electron chi connectivity index (χ3n) is 4.45. The summed E-state index contributed by atoms with van der Waals surface area (Å²) in [4.78, 5) is 14.5. The second kappa shape index (κ2) is 7.25. The van der Waals surface area contributed by atoms with Crippen LogP contribution in [0, 0.1) is 5.92 Å². The van der Waals surface area contributed by atoms with Crippen LogP contribution in [0.15, 0.2) is 30.3 Å². The molecule has 2 aliphatic rings. The average Bonchev–Trinajstić information content (AvgIpc) is 2.54. The molecule has 1 aromatic rings. The van der Waals surface area contributed by atoms with E-state index in [1.165, 1.54) is 0 Å². The minimum absolute atomic E-state index is 0. The zero-order valence-corrected chi connectivity index (χ0v) is 12.9. The minimum atomic E-state index is -0.544. The van der Waals surface area contributed by atoms with Gasteiger partial charge in [-0.05, 0) is 24.8 Å². The van der Waals surface area contributed by atoms with Crippen molar-refractivity contribution in [2.24, 2.45) is 11.7 Å². The van der Waals surface area contributed by atoms with Gasteiger partial charge in [0, 0.05) is 25.6 Å². The predicted molar refractivity (Wildman–Crippen MR) is 84.3 cm³/mol. The first-order valence-corrected chi connectivity index (χ1v) is 7.46. The zero-order valence-electron chi connectivity index (χ0n) is 12.1. The second-order valence-electron chi connectivity index (χ2n) is 5.77. The van der Waals surface area contributed by atoms with Crippen molar-refractivity contribution >= 4 is 18.3 Å². The minimum Gasteiger partial charge on any atom is -0.378 e. The number of amides is 1. The molecule has 1 aromatic carbocycles. The molecular weight excluding hydrogens is 288 g/mol. The van der Waals surface area contributed by atoms with Crippen molar-refractivity contribution in [3.05, 3.63) is 35.9 Å². The molecule has 2 heterocycles. The topological polar surface area (TPSA) is 55.6 Å². The van der Waals surface area contributed by atoms with Crippen molar-refractivity contribution in [2.45, 2.75) is 31.4 Å². The molecule has 116 valence electrons. The maximum Gasteiger partial charge on any atom is 0.244 e. The lowest BCUT2D eigenvalue weighted by atomic mass is 9.88. The Kier molecular flexibility index (Phi) is 5.62. The highest BCUT2D eigenvalue weighted by Crippen LogP contribution is 2.29. The van der Waals surface area contributed by atoms with Crippen LogP contribution in [-0.4, -0.2) is 36.6 Å². The van der Waals surface area contributed by atoms with Gasteiger partial charge in [0.1, 0.15) is 6.04 Å². The van der Waals surface area contributed by atoms with Crippen molar-refractivity contribution in [3.63, 3.8) is 0 Å². The van der Waals surface area contributed by atoms with Crippen LogP contribution in [0.25, 0.3) is 0 Å². The van der Waals surface area contributed by atoms with Gasteiger partial charge in [-0.25, -0.2) is 0 Å². The number of benzene rings is 1. The number of fused-ring (bicyclic) bond motifs is 1. The van der Waals surface area contributed by atoms with Gasteiger partial charge in [0.05, 0.1) is 6.10 Å². The van der Waals surface area contributed by atoms with Crippen LogP contribution in [0.2, 0.25) is 0 Å². The van der Waals surface area contributed by atoms with E-state index in [2.05, 4.69) is 0 Å². The molecule has 3 atom stereocenters. The van der Waals surface area contributed by atoms with E-state index < -0.39 is 6.04 Å². The van der Waals surface area contributed by atoms with Crippen LogP contribution < -0.4 is 5.73 Å². The average molecular weight is 311 g/mol. The van der Waals surface area contributed by atoms with Crippen molar-refractivity contribution < 1.29 is 9.53 Å². The molecule has 1 amide bonds. The molecule has 0 aliphatic carbocycles. The summed E-state index contributed by atoms with van der Waals surface area (Å²) in [6, 6.07) is 9.06. The van der Waals surface area contributed by atoms with Crippen LogP contribution in [0.3, 0.4) is 0 Å². The molecule has 3 rings (SSSR count). The molecule has 0 radical (unpaired) electrons. The smallest absolute Gasteiger partial charge is 0.244 e. The fourth-order valence-electron chi connectivity index (χ4n) is 3.29. The zero-order chi connectivity index (χ0) is 13.9. The molecule has 2 aliphatic heterocycles. The van der Waals surface area contributed by atoms with Gasteiger partial charge in [0.2, 0.25) is 5.91 Å². The standard InChI is InChI=1S/C16H22N2O2.ClH/c17-15(12-5-2-1-3-6-12)16(19)18-9-8-14-13(11-18)7-4-10-20-14;/h1-3,5-6,13-15H,4,7-11,17H2;1H. The number of rotatable bonds is 2. The monoisotopic (exact) mass is 310 g/mol. The van der Waals surface area contributed by atoms with Crippen molar-refractivity contribution in [2.75, 3.05) is 19.7 Å². The van der Waals surface area contributed by atoms with E-state index in [0.29, 0.717) is 12.0 Å². The quantitative estimate of drug-likeness (QED) is 0.910. The van der Waals surface area contributed by atoms with E-state index in [4.69, 9.17) is 10.5 Å². The number of hydrogen-bond acceptors (Lipinski definition) is 3. The first kappa shape index (κ1) is 16.3. The Bertz CT molecular complexity index is 469. The molecule has 0 bridgehead atoms. The summed E-state index contributed by atoms with van der Waals surface area (Å²) < 4.78 is 5.79. The van der Waals surface area contributed by atoms with Crippen LogP contribution in [-0.2, 0) is 9.53 Å². The Labute approximate surface area is 132 Å². The second-order valence-corrected chi connectivity index (χ2v) is 5.77. The van der Waals surface area contributed by atoms with Crippen LogP contribution in [0.5, 0.6) is 0 Å². The number of carbonyl (C=O) groups excluding carboxylic acids is 1. The lowest BCUT2D eigenvalue weighted by Crippen LogP contribution is -2.50. The summed E-state index contributed by atoms with van der Waals surface area (Å²) in [6.07, 6.45) is 3.56. The molecular formula is C16H23ClN2O2. The van der Waals surface area contributed by atoms with Crippen LogP contribution in [0.1, 0.15) is 30.9 Å². The number of carbonyl (C=O) groups is 1. The third-order valence-corrected chi connectivity index (χ3v) is 4.45. The Hall–Kier alpha value is -1.10. The van der Waals surface area contributed by atoms with Gasteiger partial charge in [-0.1, -0.05) is 30.3 Å². The summed E-state index contributed by atoms with van der Waals surface area (Å²) >= 11 is 0. The Balaban J connectivity index is 0.00000161.